The molecule has 0 rings (SSSR count). The Hall–Kier alpha value is -0.560. The lowest BCUT2D eigenvalue weighted by atomic mass is 10.1. The van der Waals surface area contributed by atoms with E-state index >= 15 is 0 Å². The Labute approximate surface area is 82.2 Å². The van der Waals surface area contributed by atoms with Crippen molar-refractivity contribution in [3.63, 3.8) is 0 Å². The first-order valence-corrected chi connectivity index (χ1v) is 5.28. The number of allylic oxidation sites excluding steroid dienone is 3. The van der Waals surface area contributed by atoms with Crippen molar-refractivity contribution in [2.24, 2.45) is 0 Å². The summed E-state index contributed by atoms with van der Waals surface area (Å²) in [5.74, 6) is 0. The van der Waals surface area contributed by atoms with Crippen LogP contribution in [0.15, 0.2) is 24.3 Å². The Morgan fingerprint density at radius 3 is 2.00 bits per heavy atom. The maximum absolute atomic E-state index is 8.47. The largest absolute Gasteiger partial charge is 0.392 e. The molecule has 0 bridgehead atoms. The maximum Gasteiger partial charge on any atom is 0.0612 e. The minimum absolute atomic E-state index is 0.182. The predicted molar refractivity (Wildman–Crippen MR) is 58.7 cm³/mol. The van der Waals surface area contributed by atoms with Gasteiger partial charge in [0.25, 0.3) is 0 Å². The van der Waals surface area contributed by atoms with Gasteiger partial charge in [-0.15, -0.1) is 0 Å². The van der Waals surface area contributed by atoms with Crippen LogP contribution < -0.4 is 0 Å². The zero-order valence-corrected chi connectivity index (χ0v) is 8.71. The van der Waals surface area contributed by atoms with Crippen molar-refractivity contribution in [3.8, 4) is 0 Å². The third-order valence-corrected chi connectivity index (χ3v) is 2.00. The second-order valence-electron chi connectivity index (χ2n) is 3.21. The van der Waals surface area contributed by atoms with Crippen molar-refractivity contribution in [1.82, 2.24) is 0 Å². The van der Waals surface area contributed by atoms with Gasteiger partial charge in [-0.3, -0.25) is 0 Å². The van der Waals surface area contributed by atoms with Gasteiger partial charge in [0.1, 0.15) is 0 Å². The van der Waals surface area contributed by atoms with E-state index in [1.807, 2.05) is 6.08 Å². The van der Waals surface area contributed by atoms with Crippen LogP contribution >= 0.6 is 0 Å². The number of aliphatic hydroxyl groups is 1. The van der Waals surface area contributed by atoms with Crippen LogP contribution in [0.2, 0.25) is 0 Å². The fourth-order valence-corrected chi connectivity index (χ4v) is 1.24. The van der Waals surface area contributed by atoms with Crippen LogP contribution in [-0.4, -0.2) is 11.7 Å². The Kier molecular flexibility index (Phi) is 10.9. The summed E-state index contributed by atoms with van der Waals surface area (Å²) in [4.78, 5) is 0. The van der Waals surface area contributed by atoms with E-state index in [2.05, 4.69) is 25.2 Å². The Morgan fingerprint density at radius 1 is 0.846 bits per heavy atom. The predicted octanol–water partition coefficient (Wildman–Crippen LogP) is 3.45. The molecule has 0 heterocycles. The fourth-order valence-electron chi connectivity index (χ4n) is 1.24. The quantitative estimate of drug-likeness (QED) is 0.450. The monoisotopic (exact) mass is 182 g/mol. The van der Waals surface area contributed by atoms with E-state index in [0.717, 1.165) is 6.42 Å². The van der Waals surface area contributed by atoms with Gasteiger partial charge >= 0.3 is 0 Å². The van der Waals surface area contributed by atoms with E-state index in [1.165, 1.54) is 32.1 Å². The third kappa shape index (κ3) is 11.4. The molecule has 0 aliphatic rings. The molecule has 76 valence electrons. The lowest BCUT2D eigenvalue weighted by molar-refractivity contribution is 0.342. The van der Waals surface area contributed by atoms with E-state index in [0.29, 0.717) is 0 Å². The minimum Gasteiger partial charge on any atom is -0.392 e. The summed E-state index contributed by atoms with van der Waals surface area (Å²) < 4.78 is 0. The van der Waals surface area contributed by atoms with Crippen molar-refractivity contribution in [2.45, 2.75) is 45.4 Å². The fraction of sp³-hybridized carbons (Fsp3) is 0.667. The van der Waals surface area contributed by atoms with Gasteiger partial charge in [0, 0.05) is 0 Å². The average Bonchev–Trinajstić information content (AvgIpc) is 2.16. The highest BCUT2D eigenvalue weighted by Crippen LogP contribution is 2.06. The Morgan fingerprint density at radius 2 is 1.46 bits per heavy atom. The molecule has 0 aliphatic heterocycles. The molecule has 0 aliphatic carbocycles. The van der Waals surface area contributed by atoms with Crippen molar-refractivity contribution < 1.29 is 5.11 Å². The topological polar surface area (TPSA) is 20.2 Å². The van der Waals surface area contributed by atoms with Gasteiger partial charge in [-0.05, 0) is 32.6 Å². The van der Waals surface area contributed by atoms with Crippen molar-refractivity contribution in [2.75, 3.05) is 6.61 Å². The van der Waals surface area contributed by atoms with Crippen LogP contribution in [0.1, 0.15) is 45.4 Å². The SMILES string of the molecule is C/C=C/CCCCCC/C=C/CO. The minimum atomic E-state index is 0.182. The molecular weight excluding hydrogens is 160 g/mol. The molecule has 0 radical (unpaired) electrons. The Bertz CT molecular complexity index is 136. The molecule has 0 aromatic carbocycles. The lowest BCUT2D eigenvalue weighted by Crippen LogP contribution is -1.77. The summed E-state index contributed by atoms with van der Waals surface area (Å²) in [6.07, 6.45) is 15.8. The summed E-state index contributed by atoms with van der Waals surface area (Å²) in [7, 11) is 0. The van der Waals surface area contributed by atoms with Crippen LogP contribution in [0.4, 0.5) is 0 Å². The van der Waals surface area contributed by atoms with Gasteiger partial charge in [-0.25, -0.2) is 0 Å². The molecule has 13 heavy (non-hydrogen) atoms. The first-order valence-electron chi connectivity index (χ1n) is 5.28. The molecule has 0 fully saturated rings. The van der Waals surface area contributed by atoms with Gasteiger partial charge < -0.3 is 5.11 Å². The van der Waals surface area contributed by atoms with E-state index in [1.54, 1.807) is 0 Å². The summed E-state index contributed by atoms with van der Waals surface area (Å²) in [5.41, 5.74) is 0. The van der Waals surface area contributed by atoms with Crippen LogP contribution in [0.3, 0.4) is 0 Å². The molecule has 0 aromatic rings. The number of aliphatic hydroxyl groups excluding tert-OH is 1. The molecule has 0 spiro atoms. The summed E-state index contributed by atoms with van der Waals surface area (Å²) in [6, 6.07) is 0. The van der Waals surface area contributed by atoms with Crippen LogP contribution in [0.5, 0.6) is 0 Å². The molecule has 0 saturated carbocycles. The van der Waals surface area contributed by atoms with Crippen molar-refractivity contribution in [3.05, 3.63) is 24.3 Å². The van der Waals surface area contributed by atoms with Gasteiger partial charge in [-0.2, -0.15) is 0 Å². The summed E-state index contributed by atoms with van der Waals surface area (Å²) in [6.45, 7) is 2.25. The first-order chi connectivity index (χ1) is 6.41. The highest BCUT2D eigenvalue weighted by Gasteiger charge is 1.86. The number of unbranched alkanes of at least 4 members (excludes halogenated alkanes) is 5. The number of hydrogen-bond acceptors (Lipinski definition) is 1. The zero-order valence-electron chi connectivity index (χ0n) is 8.71. The maximum atomic E-state index is 8.47. The second kappa shape index (κ2) is 11.4. The van der Waals surface area contributed by atoms with E-state index in [-0.39, 0.29) is 6.61 Å². The van der Waals surface area contributed by atoms with Crippen molar-refractivity contribution in [1.29, 1.82) is 0 Å². The summed E-state index contributed by atoms with van der Waals surface area (Å²) >= 11 is 0. The van der Waals surface area contributed by atoms with Gasteiger partial charge in [0.05, 0.1) is 6.61 Å². The van der Waals surface area contributed by atoms with Gasteiger partial charge in [-0.1, -0.05) is 37.1 Å². The first kappa shape index (κ1) is 12.4. The molecule has 0 aromatic heterocycles. The molecule has 0 saturated heterocycles. The zero-order chi connectivity index (χ0) is 9.78. The Balaban J connectivity index is 2.95. The van der Waals surface area contributed by atoms with Crippen LogP contribution in [0, 0.1) is 0 Å². The van der Waals surface area contributed by atoms with Crippen LogP contribution in [-0.2, 0) is 0 Å². The molecule has 0 unspecified atom stereocenters. The smallest absolute Gasteiger partial charge is 0.0612 e. The molecular formula is C12H22O. The molecule has 1 nitrogen and oxygen atoms in total. The molecule has 1 N–H and O–H groups in total. The third-order valence-electron chi connectivity index (χ3n) is 2.00. The highest BCUT2D eigenvalue weighted by molar-refractivity contribution is 4.80. The lowest BCUT2D eigenvalue weighted by Gasteiger charge is -1.96. The molecule has 1 heteroatoms. The highest BCUT2D eigenvalue weighted by atomic mass is 16.2. The van der Waals surface area contributed by atoms with E-state index in [9.17, 15) is 0 Å². The average molecular weight is 182 g/mol. The van der Waals surface area contributed by atoms with E-state index in [4.69, 9.17) is 5.11 Å². The second-order valence-corrected chi connectivity index (χ2v) is 3.21. The van der Waals surface area contributed by atoms with Gasteiger partial charge in [0.2, 0.25) is 0 Å². The number of hydrogen-bond donors (Lipinski definition) is 1. The van der Waals surface area contributed by atoms with Crippen molar-refractivity contribution >= 4 is 0 Å². The van der Waals surface area contributed by atoms with E-state index < -0.39 is 0 Å². The summed E-state index contributed by atoms with van der Waals surface area (Å²) in [5, 5.41) is 8.47. The van der Waals surface area contributed by atoms with Gasteiger partial charge in [0.15, 0.2) is 0 Å². The standard InChI is InChI=1S/C12H22O/c1-2-3-4-5-6-7-8-9-10-11-12-13/h2-3,10-11,13H,4-9,12H2,1H3/b3-2+,11-10+. The number of rotatable bonds is 8. The molecule has 0 atom stereocenters. The normalized spacial score (nSPS) is 11.8. The molecule has 0 amide bonds. The van der Waals surface area contributed by atoms with Crippen LogP contribution in [0.25, 0.3) is 0 Å².